The van der Waals surface area contributed by atoms with Crippen LogP contribution in [0.25, 0.3) is 0 Å². The first-order valence-corrected chi connectivity index (χ1v) is 5.70. The minimum absolute atomic E-state index is 0.0318. The third-order valence-electron chi connectivity index (χ3n) is 3.17. The Kier molecular flexibility index (Phi) is 2.97. The van der Waals surface area contributed by atoms with Crippen LogP contribution in [0.4, 0.5) is 0 Å². The molecule has 3 nitrogen and oxygen atoms in total. The molecule has 0 saturated carbocycles. The van der Waals surface area contributed by atoms with E-state index in [1.165, 1.54) is 0 Å². The van der Waals surface area contributed by atoms with Crippen LogP contribution >= 0.6 is 0 Å². The number of carbonyl (C=O) groups is 1. The molecule has 1 aliphatic heterocycles. The zero-order chi connectivity index (χ0) is 11.6. The first kappa shape index (κ1) is 11.1. The fourth-order valence-electron chi connectivity index (χ4n) is 2.09. The third-order valence-corrected chi connectivity index (χ3v) is 3.17. The van der Waals surface area contributed by atoms with Crippen molar-refractivity contribution in [1.82, 2.24) is 10.6 Å². The molecule has 1 aromatic carbocycles. The van der Waals surface area contributed by atoms with Crippen molar-refractivity contribution in [1.29, 1.82) is 0 Å². The first-order valence-electron chi connectivity index (χ1n) is 5.70. The van der Waals surface area contributed by atoms with Gasteiger partial charge in [0.05, 0.1) is 5.54 Å². The Morgan fingerprint density at radius 2 is 2.19 bits per heavy atom. The van der Waals surface area contributed by atoms with Gasteiger partial charge < -0.3 is 10.6 Å². The summed E-state index contributed by atoms with van der Waals surface area (Å²) >= 11 is 0. The lowest BCUT2D eigenvalue weighted by Gasteiger charge is -2.24. The van der Waals surface area contributed by atoms with Crippen molar-refractivity contribution < 1.29 is 4.79 Å². The molecule has 2 N–H and O–H groups in total. The highest BCUT2D eigenvalue weighted by Crippen LogP contribution is 2.15. The topological polar surface area (TPSA) is 41.1 Å². The molecule has 1 heterocycles. The van der Waals surface area contributed by atoms with Crippen LogP contribution in [-0.4, -0.2) is 24.5 Å². The summed E-state index contributed by atoms with van der Waals surface area (Å²) in [5, 5.41) is 6.38. The summed E-state index contributed by atoms with van der Waals surface area (Å²) in [6, 6.07) is 7.68. The van der Waals surface area contributed by atoms with Crippen LogP contribution in [0, 0.1) is 6.92 Å². The van der Waals surface area contributed by atoms with Crippen LogP contribution in [-0.2, 0) is 0 Å². The first-order chi connectivity index (χ1) is 7.61. The molecule has 0 aliphatic carbocycles. The zero-order valence-corrected chi connectivity index (χ0v) is 9.84. The normalized spacial score (nSPS) is 24.4. The minimum atomic E-state index is -0.0979. The highest BCUT2D eigenvalue weighted by atomic mass is 16.1. The van der Waals surface area contributed by atoms with Gasteiger partial charge in [-0.1, -0.05) is 18.2 Å². The zero-order valence-electron chi connectivity index (χ0n) is 9.84. The van der Waals surface area contributed by atoms with Crippen LogP contribution in [0.15, 0.2) is 24.3 Å². The highest BCUT2D eigenvalue weighted by Gasteiger charge is 2.30. The Bertz CT molecular complexity index is 395. The molecule has 86 valence electrons. The van der Waals surface area contributed by atoms with Gasteiger partial charge in [0.2, 0.25) is 0 Å². The molecular weight excluding hydrogens is 200 g/mol. The Hall–Kier alpha value is -1.35. The SMILES string of the molecule is Cc1ccccc1C(=O)NC1(C)CCNC1. The van der Waals surface area contributed by atoms with Crippen LogP contribution in [0.2, 0.25) is 0 Å². The van der Waals surface area contributed by atoms with Crippen LogP contribution in [0.5, 0.6) is 0 Å². The minimum Gasteiger partial charge on any atom is -0.346 e. The van der Waals surface area contributed by atoms with E-state index in [1.807, 2.05) is 31.2 Å². The van der Waals surface area contributed by atoms with Gasteiger partial charge in [-0.2, -0.15) is 0 Å². The fraction of sp³-hybridized carbons (Fsp3) is 0.462. The number of amides is 1. The molecule has 1 amide bonds. The van der Waals surface area contributed by atoms with Gasteiger partial charge in [-0.25, -0.2) is 0 Å². The second-order valence-electron chi connectivity index (χ2n) is 4.76. The molecular formula is C13H18N2O. The summed E-state index contributed by atoms with van der Waals surface area (Å²) in [6.07, 6.45) is 0.991. The van der Waals surface area contributed by atoms with Crippen molar-refractivity contribution in [3.05, 3.63) is 35.4 Å². The van der Waals surface area contributed by atoms with E-state index in [1.54, 1.807) is 0 Å². The Morgan fingerprint density at radius 3 is 2.81 bits per heavy atom. The highest BCUT2D eigenvalue weighted by molar-refractivity contribution is 5.96. The second-order valence-corrected chi connectivity index (χ2v) is 4.76. The number of hydrogen-bond donors (Lipinski definition) is 2. The summed E-state index contributed by atoms with van der Waals surface area (Å²) in [4.78, 5) is 12.1. The number of benzene rings is 1. The average molecular weight is 218 g/mol. The molecule has 2 rings (SSSR count). The molecule has 1 atom stereocenters. The van der Waals surface area contributed by atoms with E-state index in [9.17, 15) is 4.79 Å². The van der Waals surface area contributed by atoms with Crippen molar-refractivity contribution >= 4 is 5.91 Å². The van der Waals surface area contributed by atoms with Crippen LogP contribution in [0.3, 0.4) is 0 Å². The summed E-state index contributed by atoms with van der Waals surface area (Å²) in [6.45, 7) is 5.88. The fourth-order valence-corrected chi connectivity index (χ4v) is 2.09. The van der Waals surface area contributed by atoms with Gasteiger partial charge in [-0.05, 0) is 38.4 Å². The lowest BCUT2D eigenvalue weighted by Crippen LogP contribution is -2.47. The van der Waals surface area contributed by atoms with Gasteiger partial charge >= 0.3 is 0 Å². The predicted octanol–water partition coefficient (Wildman–Crippen LogP) is 1.48. The summed E-state index contributed by atoms with van der Waals surface area (Å²) < 4.78 is 0. The number of nitrogens with one attached hydrogen (secondary N) is 2. The number of hydrogen-bond acceptors (Lipinski definition) is 2. The largest absolute Gasteiger partial charge is 0.346 e. The maximum absolute atomic E-state index is 12.1. The van der Waals surface area contributed by atoms with Gasteiger partial charge in [0, 0.05) is 12.1 Å². The molecule has 1 unspecified atom stereocenters. The lowest BCUT2D eigenvalue weighted by atomic mass is 10.00. The van der Waals surface area contributed by atoms with E-state index < -0.39 is 0 Å². The smallest absolute Gasteiger partial charge is 0.252 e. The molecule has 1 fully saturated rings. The summed E-state index contributed by atoms with van der Waals surface area (Å²) in [5.74, 6) is 0.0318. The van der Waals surface area contributed by atoms with Crippen molar-refractivity contribution in [2.24, 2.45) is 0 Å². The van der Waals surface area contributed by atoms with Crippen molar-refractivity contribution in [2.75, 3.05) is 13.1 Å². The maximum atomic E-state index is 12.1. The van der Waals surface area contributed by atoms with E-state index in [4.69, 9.17) is 0 Å². The van der Waals surface area contributed by atoms with Crippen LogP contribution in [0.1, 0.15) is 29.3 Å². The van der Waals surface area contributed by atoms with E-state index in [-0.39, 0.29) is 11.4 Å². The second kappa shape index (κ2) is 4.26. The Morgan fingerprint density at radius 1 is 1.44 bits per heavy atom. The molecule has 1 saturated heterocycles. The van der Waals surface area contributed by atoms with Gasteiger partial charge in [0.1, 0.15) is 0 Å². The van der Waals surface area contributed by atoms with Gasteiger partial charge in [0.15, 0.2) is 0 Å². The monoisotopic (exact) mass is 218 g/mol. The van der Waals surface area contributed by atoms with Crippen LogP contribution < -0.4 is 10.6 Å². The average Bonchev–Trinajstić information content (AvgIpc) is 2.65. The van der Waals surface area contributed by atoms with E-state index in [0.717, 1.165) is 30.6 Å². The van der Waals surface area contributed by atoms with Gasteiger partial charge in [0.25, 0.3) is 5.91 Å². The standard InChI is InChI=1S/C13H18N2O/c1-10-5-3-4-6-11(10)12(16)15-13(2)7-8-14-9-13/h3-6,14H,7-9H2,1-2H3,(H,15,16). The summed E-state index contributed by atoms with van der Waals surface area (Å²) in [7, 11) is 0. The predicted molar refractivity (Wildman–Crippen MR) is 64.5 cm³/mol. The molecule has 0 bridgehead atoms. The van der Waals surface area contributed by atoms with E-state index in [0.29, 0.717) is 0 Å². The van der Waals surface area contributed by atoms with Gasteiger partial charge in [-0.3, -0.25) is 4.79 Å². The van der Waals surface area contributed by atoms with Crippen molar-refractivity contribution in [3.63, 3.8) is 0 Å². The number of rotatable bonds is 2. The molecule has 1 aliphatic rings. The van der Waals surface area contributed by atoms with Gasteiger partial charge in [-0.15, -0.1) is 0 Å². The molecule has 1 aromatic rings. The molecule has 0 spiro atoms. The lowest BCUT2D eigenvalue weighted by molar-refractivity contribution is 0.0912. The van der Waals surface area contributed by atoms with E-state index >= 15 is 0 Å². The maximum Gasteiger partial charge on any atom is 0.252 e. The molecule has 0 aromatic heterocycles. The Labute approximate surface area is 96.2 Å². The third kappa shape index (κ3) is 2.25. The van der Waals surface area contributed by atoms with E-state index in [2.05, 4.69) is 17.6 Å². The van der Waals surface area contributed by atoms with Crippen molar-refractivity contribution in [2.45, 2.75) is 25.8 Å². The Balaban J connectivity index is 2.11. The number of carbonyl (C=O) groups excluding carboxylic acids is 1. The molecule has 16 heavy (non-hydrogen) atoms. The van der Waals surface area contributed by atoms with Crippen molar-refractivity contribution in [3.8, 4) is 0 Å². The molecule has 3 heteroatoms. The number of aryl methyl sites for hydroxylation is 1. The quantitative estimate of drug-likeness (QED) is 0.789. The molecule has 0 radical (unpaired) electrons. The summed E-state index contributed by atoms with van der Waals surface area (Å²) in [5.41, 5.74) is 1.70.